The first kappa shape index (κ1) is 18.1. The Kier molecular flexibility index (Phi) is 4.47. The molecule has 5 rings (SSSR count). The predicted molar refractivity (Wildman–Crippen MR) is 111 cm³/mol. The highest BCUT2D eigenvalue weighted by Gasteiger charge is 2.26. The average molecular weight is 391 g/mol. The van der Waals surface area contributed by atoms with Crippen molar-refractivity contribution in [3.63, 3.8) is 0 Å². The van der Waals surface area contributed by atoms with E-state index in [0.29, 0.717) is 23.8 Å². The summed E-state index contributed by atoms with van der Waals surface area (Å²) in [5.41, 5.74) is 1.88. The van der Waals surface area contributed by atoms with E-state index in [1.165, 1.54) is 25.7 Å². The third kappa shape index (κ3) is 3.15. The Bertz CT molecular complexity index is 1220. The lowest BCUT2D eigenvalue weighted by Crippen LogP contribution is -2.33. The summed E-state index contributed by atoms with van der Waals surface area (Å²) in [5.74, 6) is 2.38. The summed E-state index contributed by atoms with van der Waals surface area (Å²) in [5, 5.41) is 9.54. The van der Waals surface area contributed by atoms with Crippen molar-refractivity contribution in [1.29, 1.82) is 0 Å². The minimum absolute atomic E-state index is 0.0432. The Morgan fingerprint density at radius 2 is 2.00 bits per heavy atom. The predicted octanol–water partition coefficient (Wildman–Crippen LogP) is 3.43. The molecule has 0 atom stereocenters. The number of furan rings is 1. The van der Waals surface area contributed by atoms with Crippen LogP contribution < -0.4 is 5.56 Å². The quantitative estimate of drug-likeness (QED) is 0.521. The summed E-state index contributed by atoms with van der Waals surface area (Å²) in [7, 11) is 1.76. The fourth-order valence-corrected chi connectivity index (χ4v) is 4.53. The molecule has 0 amide bonds. The molecule has 1 aliphatic carbocycles. The van der Waals surface area contributed by atoms with Gasteiger partial charge in [0.2, 0.25) is 5.78 Å². The zero-order chi connectivity index (χ0) is 20.0. The number of aromatic nitrogens is 4. The third-order valence-electron chi connectivity index (χ3n) is 6.07. The van der Waals surface area contributed by atoms with E-state index < -0.39 is 0 Å². The SMILES string of the molecule is Cc1ccc2c(c1)c(=O)n(C)c1nnc(CN(Cc3ccco3)C3CCCC3)n21. The second-order valence-corrected chi connectivity index (χ2v) is 8.06. The van der Waals surface area contributed by atoms with Gasteiger partial charge in [0.15, 0.2) is 5.82 Å². The minimum Gasteiger partial charge on any atom is -0.468 e. The molecule has 0 aliphatic heterocycles. The van der Waals surface area contributed by atoms with Gasteiger partial charge in [0.05, 0.1) is 30.3 Å². The fourth-order valence-electron chi connectivity index (χ4n) is 4.53. The van der Waals surface area contributed by atoms with Crippen molar-refractivity contribution >= 4 is 16.7 Å². The standard InChI is InChI=1S/C22H25N5O2/c1-15-9-10-19-18(12-15)21(28)25(2)22-24-23-20(27(19)22)14-26(16-6-3-4-7-16)13-17-8-5-11-29-17/h5,8-12,16H,3-4,6-7,13-14H2,1-2H3. The fraction of sp³-hybridized carbons (Fsp3) is 0.409. The number of fused-ring (bicyclic) bond motifs is 3. The Labute approximate surface area is 168 Å². The monoisotopic (exact) mass is 391 g/mol. The Morgan fingerprint density at radius 3 is 2.76 bits per heavy atom. The van der Waals surface area contributed by atoms with Crippen molar-refractivity contribution in [1.82, 2.24) is 24.1 Å². The summed E-state index contributed by atoms with van der Waals surface area (Å²) in [6.45, 7) is 3.41. The molecule has 0 N–H and O–H groups in total. The molecule has 3 heterocycles. The Balaban J connectivity index is 1.61. The van der Waals surface area contributed by atoms with E-state index in [-0.39, 0.29) is 5.56 Å². The zero-order valence-electron chi connectivity index (χ0n) is 16.8. The van der Waals surface area contributed by atoms with Gasteiger partial charge >= 0.3 is 0 Å². The van der Waals surface area contributed by atoms with E-state index in [2.05, 4.69) is 15.1 Å². The largest absolute Gasteiger partial charge is 0.468 e. The van der Waals surface area contributed by atoms with Crippen LogP contribution in [0.2, 0.25) is 0 Å². The van der Waals surface area contributed by atoms with E-state index in [1.54, 1.807) is 17.9 Å². The third-order valence-corrected chi connectivity index (χ3v) is 6.07. The van der Waals surface area contributed by atoms with E-state index in [1.807, 2.05) is 41.7 Å². The average Bonchev–Trinajstić information content (AvgIpc) is 3.47. The van der Waals surface area contributed by atoms with Crippen molar-refractivity contribution < 1.29 is 4.42 Å². The molecule has 1 aliphatic rings. The Hall–Kier alpha value is -2.93. The molecule has 0 bridgehead atoms. The molecule has 0 radical (unpaired) electrons. The minimum atomic E-state index is -0.0432. The van der Waals surface area contributed by atoms with E-state index >= 15 is 0 Å². The van der Waals surface area contributed by atoms with E-state index in [9.17, 15) is 4.79 Å². The smallest absolute Gasteiger partial charge is 0.262 e. The van der Waals surface area contributed by atoms with Gasteiger partial charge in [-0.05, 0) is 44.0 Å². The number of nitrogens with zero attached hydrogens (tertiary/aromatic N) is 5. The summed E-state index contributed by atoms with van der Waals surface area (Å²) in [6, 6.07) is 10.4. The molecule has 0 unspecified atom stereocenters. The first-order valence-electron chi connectivity index (χ1n) is 10.2. The highest BCUT2D eigenvalue weighted by molar-refractivity contribution is 5.81. The maximum absolute atomic E-state index is 12.8. The number of aryl methyl sites for hydroxylation is 2. The molecular formula is C22H25N5O2. The normalized spacial score (nSPS) is 15.3. The van der Waals surface area contributed by atoms with Crippen molar-refractivity contribution in [2.75, 3.05) is 0 Å². The highest BCUT2D eigenvalue weighted by atomic mass is 16.3. The molecule has 7 nitrogen and oxygen atoms in total. The first-order chi connectivity index (χ1) is 14.1. The lowest BCUT2D eigenvalue weighted by Gasteiger charge is -2.27. The lowest BCUT2D eigenvalue weighted by atomic mass is 10.1. The summed E-state index contributed by atoms with van der Waals surface area (Å²) >= 11 is 0. The second kappa shape index (κ2) is 7.15. The van der Waals surface area contributed by atoms with Crippen molar-refractivity contribution in [3.05, 3.63) is 64.1 Å². The van der Waals surface area contributed by atoms with Crippen LogP contribution in [0.4, 0.5) is 0 Å². The van der Waals surface area contributed by atoms with Crippen LogP contribution in [0.1, 0.15) is 42.8 Å². The molecule has 1 fully saturated rings. The topological polar surface area (TPSA) is 68.6 Å². The van der Waals surface area contributed by atoms with Crippen LogP contribution in [0.15, 0.2) is 45.8 Å². The molecule has 3 aromatic heterocycles. The van der Waals surface area contributed by atoms with Gasteiger partial charge in [0.1, 0.15) is 5.76 Å². The van der Waals surface area contributed by atoms with Crippen LogP contribution in [0.5, 0.6) is 0 Å². The molecule has 0 saturated heterocycles. The van der Waals surface area contributed by atoms with Crippen LogP contribution in [0.25, 0.3) is 16.7 Å². The molecule has 1 saturated carbocycles. The molecule has 4 aromatic rings. The van der Waals surface area contributed by atoms with Crippen LogP contribution in [0.3, 0.4) is 0 Å². The molecule has 29 heavy (non-hydrogen) atoms. The summed E-state index contributed by atoms with van der Waals surface area (Å²) < 4.78 is 9.23. The molecular weight excluding hydrogens is 366 g/mol. The summed E-state index contributed by atoms with van der Waals surface area (Å²) in [4.78, 5) is 15.2. The number of hydrogen-bond acceptors (Lipinski definition) is 5. The lowest BCUT2D eigenvalue weighted by molar-refractivity contribution is 0.162. The van der Waals surface area contributed by atoms with Gasteiger partial charge in [-0.15, -0.1) is 10.2 Å². The van der Waals surface area contributed by atoms with E-state index in [4.69, 9.17) is 4.42 Å². The molecule has 1 aromatic carbocycles. The Morgan fingerprint density at radius 1 is 1.17 bits per heavy atom. The highest BCUT2D eigenvalue weighted by Crippen LogP contribution is 2.27. The maximum atomic E-state index is 12.8. The number of benzene rings is 1. The second-order valence-electron chi connectivity index (χ2n) is 8.06. The first-order valence-corrected chi connectivity index (χ1v) is 10.2. The molecule has 150 valence electrons. The van der Waals surface area contributed by atoms with Gasteiger partial charge in [0.25, 0.3) is 5.56 Å². The van der Waals surface area contributed by atoms with Crippen LogP contribution >= 0.6 is 0 Å². The van der Waals surface area contributed by atoms with Crippen molar-refractivity contribution in [3.8, 4) is 0 Å². The molecule has 7 heteroatoms. The maximum Gasteiger partial charge on any atom is 0.262 e. The molecule has 0 spiro atoms. The summed E-state index contributed by atoms with van der Waals surface area (Å²) in [6.07, 6.45) is 6.62. The van der Waals surface area contributed by atoms with Gasteiger partial charge in [-0.3, -0.25) is 18.7 Å². The van der Waals surface area contributed by atoms with Crippen LogP contribution in [-0.2, 0) is 20.1 Å². The number of hydrogen-bond donors (Lipinski definition) is 0. The van der Waals surface area contributed by atoms with Gasteiger partial charge in [-0.2, -0.15) is 0 Å². The number of rotatable bonds is 5. The van der Waals surface area contributed by atoms with Gasteiger partial charge < -0.3 is 4.42 Å². The zero-order valence-corrected chi connectivity index (χ0v) is 16.8. The van der Waals surface area contributed by atoms with Crippen molar-refractivity contribution in [2.45, 2.75) is 51.7 Å². The van der Waals surface area contributed by atoms with Gasteiger partial charge in [0, 0.05) is 13.1 Å². The van der Waals surface area contributed by atoms with Gasteiger partial charge in [-0.1, -0.05) is 24.5 Å². The van der Waals surface area contributed by atoms with Crippen LogP contribution in [0, 0.1) is 6.92 Å². The van der Waals surface area contributed by atoms with Crippen LogP contribution in [-0.4, -0.2) is 30.1 Å². The van der Waals surface area contributed by atoms with E-state index in [0.717, 1.165) is 29.2 Å². The van der Waals surface area contributed by atoms with Gasteiger partial charge in [-0.25, -0.2) is 0 Å². The van der Waals surface area contributed by atoms with Crippen molar-refractivity contribution in [2.24, 2.45) is 7.05 Å².